The van der Waals surface area contributed by atoms with Crippen LogP contribution in [0.3, 0.4) is 0 Å². The number of hydrogen-bond acceptors (Lipinski definition) is 3. The fraction of sp³-hybridized carbons (Fsp3) is 0.917. The van der Waals surface area contributed by atoms with E-state index in [9.17, 15) is 4.79 Å². The van der Waals surface area contributed by atoms with E-state index in [2.05, 4.69) is 5.32 Å². The van der Waals surface area contributed by atoms with Gasteiger partial charge >= 0.3 is 0 Å². The first-order valence-corrected chi connectivity index (χ1v) is 6.34. The smallest absolute Gasteiger partial charge is 0.220 e. The highest BCUT2D eigenvalue weighted by Gasteiger charge is 2.23. The third-order valence-electron chi connectivity index (χ3n) is 3.19. The summed E-state index contributed by atoms with van der Waals surface area (Å²) in [4.78, 5) is 11.6. The van der Waals surface area contributed by atoms with Gasteiger partial charge in [-0.2, -0.15) is 0 Å². The molecule has 0 aromatic heterocycles. The quantitative estimate of drug-likeness (QED) is 0.668. The van der Waals surface area contributed by atoms with Gasteiger partial charge in [0, 0.05) is 25.6 Å². The van der Waals surface area contributed by atoms with Gasteiger partial charge in [0.1, 0.15) is 0 Å². The van der Waals surface area contributed by atoms with Gasteiger partial charge in [-0.1, -0.05) is 12.8 Å². The van der Waals surface area contributed by atoms with E-state index in [4.69, 9.17) is 10.5 Å². The Morgan fingerprint density at radius 1 is 1.44 bits per heavy atom. The highest BCUT2D eigenvalue weighted by atomic mass is 16.5. The molecule has 1 aliphatic rings. The van der Waals surface area contributed by atoms with Crippen molar-refractivity contribution in [2.75, 3.05) is 19.8 Å². The molecule has 16 heavy (non-hydrogen) atoms. The summed E-state index contributed by atoms with van der Waals surface area (Å²) in [7, 11) is 0. The van der Waals surface area contributed by atoms with Crippen molar-refractivity contribution in [2.24, 2.45) is 11.7 Å². The van der Waals surface area contributed by atoms with E-state index in [1.54, 1.807) is 0 Å². The number of carbonyl (C=O) groups is 1. The summed E-state index contributed by atoms with van der Waals surface area (Å²) >= 11 is 0. The maximum Gasteiger partial charge on any atom is 0.220 e. The standard InChI is InChI=1S/C12H24N2O2/c1-2-16-8-7-14-12(15)9-10-5-3-4-6-11(10)13/h10-11H,2-9,13H2,1H3,(H,14,15). The second-order valence-electron chi connectivity index (χ2n) is 4.46. The second-order valence-corrected chi connectivity index (χ2v) is 4.46. The lowest BCUT2D eigenvalue weighted by Gasteiger charge is -2.27. The first-order chi connectivity index (χ1) is 7.74. The topological polar surface area (TPSA) is 64.3 Å². The van der Waals surface area contributed by atoms with E-state index in [0.29, 0.717) is 32.1 Å². The van der Waals surface area contributed by atoms with Crippen LogP contribution in [0.25, 0.3) is 0 Å². The number of rotatable bonds is 6. The van der Waals surface area contributed by atoms with Crippen LogP contribution in [-0.4, -0.2) is 31.7 Å². The zero-order chi connectivity index (χ0) is 11.8. The average molecular weight is 228 g/mol. The maximum absolute atomic E-state index is 11.6. The highest BCUT2D eigenvalue weighted by Crippen LogP contribution is 2.25. The van der Waals surface area contributed by atoms with Crippen LogP contribution >= 0.6 is 0 Å². The van der Waals surface area contributed by atoms with Crippen LogP contribution in [0.5, 0.6) is 0 Å². The molecule has 2 atom stereocenters. The van der Waals surface area contributed by atoms with Crippen LogP contribution in [0.15, 0.2) is 0 Å². The molecule has 0 aromatic carbocycles. The molecule has 1 rings (SSSR count). The Kier molecular flexibility index (Phi) is 6.42. The van der Waals surface area contributed by atoms with Gasteiger partial charge in [-0.25, -0.2) is 0 Å². The lowest BCUT2D eigenvalue weighted by molar-refractivity contribution is -0.122. The van der Waals surface area contributed by atoms with Crippen molar-refractivity contribution in [3.05, 3.63) is 0 Å². The highest BCUT2D eigenvalue weighted by molar-refractivity contribution is 5.76. The second kappa shape index (κ2) is 7.63. The third kappa shape index (κ3) is 4.94. The zero-order valence-corrected chi connectivity index (χ0v) is 10.2. The average Bonchev–Trinajstić information content (AvgIpc) is 2.28. The van der Waals surface area contributed by atoms with Crippen LogP contribution in [0.2, 0.25) is 0 Å². The number of carbonyl (C=O) groups excluding carboxylic acids is 1. The molecule has 4 nitrogen and oxygen atoms in total. The number of nitrogens with one attached hydrogen (secondary N) is 1. The molecule has 1 saturated carbocycles. The Morgan fingerprint density at radius 3 is 2.88 bits per heavy atom. The Morgan fingerprint density at radius 2 is 2.19 bits per heavy atom. The van der Waals surface area contributed by atoms with Crippen LogP contribution in [0.1, 0.15) is 39.0 Å². The molecule has 0 aliphatic heterocycles. The molecule has 4 heteroatoms. The number of hydrogen-bond donors (Lipinski definition) is 2. The van der Waals surface area contributed by atoms with Gasteiger partial charge in [0.2, 0.25) is 5.91 Å². The van der Waals surface area contributed by atoms with Gasteiger partial charge in [-0.15, -0.1) is 0 Å². The molecule has 94 valence electrons. The molecule has 3 N–H and O–H groups in total. The largest absolute Gasteiger partial charge is 0.380 e. The van der Waals surface area contributed by atoms with E-state index in [1.165, 1.54) is 12.8 Å². The van der Waals surface area contributed by atoms with Gasteiger partial charge in [-0.05, 0) is 25.7 Å². The summed E-state index contributed by atoms with van der Waals surface area (Å²) < 4.78 is 5.16. The van der Waals surface area contributed by atoms with Gasteiger partial charge in [0.25, 0.3) is 0 Å². The molecule has 0 aromatic rings. The van der Waals surface area contributed by atoms with Crippen molar-refractivity contribution in [2.45, 2.75) is 45.1 Å². The summed E-state index contributed by atoms with van der Waals surface area (Å²) in [5.41, 5.74) is 6.00. The van der Waals surface area contributed by atoms with Crippen LogP contribution in [-0.2, 0) is 9.53 Å². The number of amides is 1. The molecule has 1 aliphatic carbocycles. The van der Waals surface area contributed by atoms with Gasteiger partial charge in [-0.3, -0.25) is 4.79 Å². The van der Waals surface area contributed by atoms with Crippen molar-refractivity contribution in [1.82, 2.24) is 5.32 Å². The fourth-order valence-corrected chi connectivity index (χ4v) is 2.21. The Balaban J connectivity index is 2.12. The van der Waals surface area contributed by atoms with E-state index in [0.717, 1.165) is 12.8 Å². The normalized spacial score (nSPS) is 25.4. The Hall–Kier alpha value is -0.610. The SMILES string of the molecule is CCOCCNC(=O)CC1CCCCC1N. The van der Waals surface area contributed by atoms with Crippen molar-refractivity contribution < 1.29 is 9.53 Å². The van der Waals surface area contributed by atoms with Crippen LogP contribution in [0, 0.1) is 5.92 Å². The molecular weight excluding hydrogens is 204 g/mol. The molecule has 1 amide bonds. The number of nitrogens with two attached hydrogens (primary N) is 1. The summed E-state index contributed by atoms with van der Waals surface area (Å²) in [5, 5.41) is 2.87. The van der Waals surface area contributed by atoms with Crippen molar-refractivity contribution in [1.29, 1.82) is 0 Å². The van der Waals surface area contributed by atoms with E-state index in [1.807, 2.05) is 6.92 Å². The van der Waals surface area contributed by atoms with Crippen molar-refractivity contribution >= 4 is 5.91 Å². The van der Waals surface area contributed by atoms with Crippen molar-refractivity contribution in [3.63, 3.8) is 0 Å². The third-order valence-corrected chi connectivity index (χ3v) is 3.19. The van der Waals surface area contributed by atoms with Crippen molar-refractivity contribution in [3.8, 4) is 0 Å². The van der Waals surface area contributed by atoms with E-state index >= 15 is 0 Å². The van der Waals surface area contributed by atoms with Gasteiger partial charge in [0.15, 0.2) is 0 Å². The molecule has 0 spiro atoms. The summed E-state index contributed by atoms with van der Waals surface area (Å²) in [6.07, 6.45) is 5.17. The minimum Gasteiger partial charge on any atom is -0.380 e. The minimum atomic E-state index is 0.113. The lowest BCUT2D eigenvalue weighted by atomic mass is 9.83. The van der Waals surface area contributed by atoms with Gasteiger partial charge < -0.3 is 15.8 Å². The summed E-state index contributed by atoms with van der Waals surface area (Å²) in [6.45, 7) is 3.85. The molecule has 0 heterocycles. The molecule has 0 bridgehead atoms. The molecule has 0 saturated heterocycles. The first kappa shape index (κ1) is 13.5. The minimum absolute atomic E-state index is 0.113. The molecule has 2 unspecified atom stereocenters. The number of ether oxygens (including phenoxy) is 1. The molecule has 1 fully saturated rings. The lowest BCUT2D eigenvalue weighted by Crippen LogP contribution is -2.37. The predicted molar refractivity (Wildman–Crippen MR) is 64.1 cm³/mol. The maximum atomic E-state index is 11.6. The molecule has 0 radical (unpaired) electrons. The van der Waals surface area contributed by atoms with Gasteiger partial charge in [0.05, 0.1) is 6.61 Å². The van der Waals surface area contributed by atoms with E-state index in [-0.39, 0.29) is 11.9 Å². The monoisotopic (exact) mass is 228 g/mol. The summed E-state index contributed by atoms with van der Waals surface area (Å²) in [6, 6.07) is 0.214. The first-order valence-electron chi connectivity index (χ1n) is 6.34. The van der Waals surface area contributed by atoms with E-state index < -0.39 is 0 Å². The zero-order valence-electron chi connectivity index (χ0n) is 10.2. The van der Waals surface area contributed by atoms with Crippen LogP contribution in [0.4, 0.5) is 0 Å². The fourth-order valence-electron chi connectivity index (χ4n) is 2.21. The molecular formula is C12H24N2O2. The predicted octanol–water partition coefficient (Wildman–Crippen LogP) is 1.05. The Bertz CT molecular complexity index is 209. The summed E-state index contributed by atoms with van der Waals surface area (Å²) in [5.74, 6) is 0.489. The Labute approximate surface area is 97.9 Å². The van der Waals surface area contributed by atoms with Crippen LogP contribution < -0.4 is 11.1 Å².